The molecule has 1 aromatic heterocycles. The molecule has 0 aliphatic rings. The van der Waals surface area contributed by atoms with Crippen LogP contribution in [0.1, 0.15) is 11.8 Å². The molecule has 0 unspecified atom stereocenters. The summed E-state index contributed by atoms with van der Waals surface area (Å²) in [7, 11) is 0. The Balaban J connectivity index is 2.15. The van der Waals surface area contributed by atoms with Crippen molar-refractivity contribution in [1.82, 2.24) is 5.32 Å². The molecular weight excluding hydrogens is 238 g/mol. The summed E-state index contributed by atoms with van der Waals surface area (Å²) in [4.78, 5) is 2.66. The molecule has 1 aromatic carbocycles. The fraction of sp³-hybridized carbons (Fsp3) is 0.231. The summed E-state index contributed by atoms with van der Waals surface area (Å²) in [6.07, 6.45) is 0. The van der Waals surface area contributed by atoms with E-state index in [0.29, 0.717) is 0 Å². The van der Waals surface area contributed by atoms with Gasteiger partial charge in [0.1, 0.15) is 0 Å². The summed E-state index contributed by atoms with van der Waals surface area (Å²) in [5.41, 5.74) is 1.23. The van der Waals surface area contributed by atoms with E-state index < -0.39 is 0 Å². The Morgan fingerprint density at radius 1 is 1.12 bits per heavy atom. The minimum atomic E-state index is 0.785. The summed E-state index contributed by atoms with van der Waals surface area (Å²) in [5, 5.41) is 4.11. The largest absolute Gasteiger partial charge is 0.312 e. The van der Waals surface area contributed by atoms with Crippen LogP contribution in [0.3, 0.4) is 0 Å². The van der Waals surface area contributed by atoms with Crippen LogP contribution in [0.5, 0.6) is 0 Å². The van der Waals surface area contributed by atoms with Crippen LogP contribution in [-0.2, 0) is 6.54 Å². The third-order valence-electron chi connectivity index (χ3n) is 2.34. The number of nitrogens with one attached hydrogen (secondary N) is 1. The first kappa shape index (κ1) is 11.6. The first-order chi connectivity index (χ1) is 7.79. The van der Waals surface area contributed by atoms with E-state index in [1.54, 1.807) is 0 Å². The van der Waals surface area contributed by atoms with Gasteiger partial charge in [0.15, 0.2) is 0 Å². The predicted molar refractivity (Wildman–Crippen MR) is 72.1 cm³/mol. The van der Waals surface area contributed by atoms with E-state index in [0.717, 1.165) is 18.1 Å². The summed E-state index contributed by atoms with van der Waals surface area (Å²) >= 11 is 7.69. The molecule has 16 heavy (non-hydrogen) atoms. The van der Waals surface area contributed by atoms with Crippen molar-refractivity contribution < 1.29 is 0 Å². The third-order valence-corrected chi connectivity index (χ3v) is 3.73. The van der Waals surface area contributed by atoms with Crippen LogP contribution in [0, 0.1) is 0 Å². The highest BCUT2D eigenvalue weighted by Crippen LogP contribution is 2.28. The maximum atomic E-state index is 5.87. The Morgan fingerprint density at radius 2 is 1.88 bits per heavy atom. The van der Waals surface area contributed by atoms with E-state index in [-0.39, 0.29) is 0 Å². The van der Waals surface area contributed by atoms with Gasteiger partial charge in [-0.05, 0) is 36.4 Å². The van der Waals surface area contributed by atoms with Gasteiger partial charge in [0.2, 0.25) is 0 Å². The number of rotatable bonds is 4. The minimum Gasteiger partial charge on any atom is -0.312 e. The van der Waals surface area contributed by atoms with E-state index in [2.05, 4.69) is 36.5 Å². The van der Waals surface area contributed by atoms with Crippen molar-refractivity contribution in [3.8, 4) is 10.4 Å². The van der Waals surface area contributed by atoms with Crippen molar-refractivity contribution in [1.29, 1.82) is 0 Å². The first-order valence-electron chi connectivity index (χ1n) is 5.35. The van der Waals surface area contributed by atoms with Gasteiger partial charge in [-0.1, -0.05) is 30.7 Å². The first-order valence-corrected chi connectivity index (χ1v) is 6.54. The molecule has 1 nitrogen and oxygen atoms in total. The number of hydrogen-bond acceptors (Lipinski definition) is 2. The lowest BCUT2D eigenvalue weighted by atomic mass is 10.2. The van der Waals surface area contributed by atoms with Crippen molar-refractivity contribution in [2.75, 3.05) is 6.54 Å². The molecule has 0 bridgehead atoms. The van der Waals surface area contributed by atoms with E-state index in [9.17, 15) is 0 Å². The molecule has 0 aliphatic carbocycles. The summed E-state index contributed by atoms with van der Waals surface area (Å²) < 4.78 is 0. The fourth-order valence-electron chi connectivity index (χ4n) is 1.49. The molecule has 2 rings (SSSR count). The van der Waals surface area contributed by atoms with Crippen LogP contribution in [-0.4, -0.2) is 6.54 Å². The molecular formula is C13H14ClNS. The second-order valence-electron chi connectivity index (χ2n) is 3.55. The molecule has 0 aliphatic heterocycles. The SMILES string of the molecule is CCNCc1ccc(-c2ccc(Cl)cc2)s1. The van der Waals surface area contributed by atoms with E-state index >= 15 is 0 Å². The molecule has 0 radical (unpaired) electrons. The van der Waals surface area contributed by atoms with Crippen molar-refractivity contribution in [3.05, 3.63) is 46.3 Å². The van der Waals surface area contributed by atoms with Crippen LogP contribution >= 0.6 is 22.9 Å². The average Bonchev–Trinajstić information content (AvgIpc) is 2.76. The second kappa shape index (κ2) is 5.48. The van der Waals surface area contributed by atoms with Gasteiger partial charge in [-0.2, -0.15) is 0 Å². The molecule has 2 aromatic rings. The number of thiophene rings is 1. The Morgan fingerprint density at radius 3 is 2.56 bits per heavy atom. The van der Waals surface area contributed by atoms with E-state index in [4.69, 9.17) is 11.6 Å². The summed E-state index contributed by atoms with van der Waals surface area (Å²) in [6.45, 7) is 4.08. The zero-order valence-corrected chi connectivity index (χ0v) is 10.7. The standard InChI is InChI=1S/C13H14ClNS/c1-2-15-9-12-7-8-13(16-12)10-3-5-11(14)6-4-10/h3-8,15H,2,9H2,1H3. The highest BCUT2D eigenvalue weighted by atomic mass is 35.5. The highest BCUT2D eigenvalue weighted by molar-refractivity contribution is 7.15. The summed E-state index contributed by atoms with van der Waals surface area (Å²) in [5.74, 6) is 0. The van der Waals surface area contributed by atoms with Gasteiger partial charge in [-0.3, -0.25) is 0 Å². The summed E-state index contributed by atoms with van der Waals surface area (Å²) in [6, 6.07) is 12.3. The van der Waals surface area contributed by atoms with E-state index in [1.165, 1.54) is 15.3 Å². The molecule has 0 fully saturated rings. The monoisotopic (exact) mass is 251 g/mol. The topological polar surface area (TPSA) is 12.0 Å². The van der Waals surface area contributed by atoms with E-state index in [1.807, 2.05) is 23.5 Å². The van der Waals surface area contributed by atoms with Crippen molar-refractivity contribution in [2.45, 2.75) is 13.5 Å². The van der Waals surface area contributed by atoms with Gasteiger partial charge in [0, 0.05) is 21.3 Å². The molecule has 84 valence electrons. The zero-order valence-electron chi connectivity index (χ0n) is 9.16. The number of benzene rings is 1. The Bertz CT molecular complexity index is 447. The average molecular weight is 252 g/mol. The minimum absolute atomic E-state index is 0.785. The predicted octanol–water partition coefficient (Wildman–Crippen LogP) is 4.18. The van der Waals surface area contributed by atoms with Crippen molar-refractivity contribution >= 4 is 22.9 Å². The third kappa shape index (κ3) is 2.85. The highest BCUT2D eigenvalue weighted by Gasteiger charge is 2.02. The normalized spacial score (nSPS) is 10.6. The lowest BCUT2D eigenvalue weighted by Gasteiger charge is -1.98. The zero-order chi connectivity index (χ0) is 11.4. The maximum Gasteiger partial charge on any atom is 0.0406 e. The van der Waals surface area contributed by atoms with Crippen LogP contribution in [0.2, 0.25) is 5.02 Å². The number of hydrogen-bond donors (Lipinski definition) is 1. The van der Waals surface area contributed by atoms with Crippen LogP contribution < -0.4 is 5.32 Å². The fourth-order valence-corrected chi connectivity index (χ4v) is 2.60. The smallest absolute Gasteiger partial charge is 0.0406 e. The molecule has 0 spiro atoms. The Hall–Kier alpha value is -0.830. The van der Waals surface area contributed by atoms with Gasteiger partial charge in [-0.15, -0.1) is 11.3 Å². The molecule has 0 atom stereocenters. The number of halogens is 1. The molecule has 1 N–H and O–H groups in total. The van der Waals surface area contributed by atoms with Crippen LogP contribution in [0.4, 0.5) is 0 Å². The second-order valence-corrected chi connectivity index (χ2v) is 5.16. The van der Waals surface area contributed by atoms with Gasteiger partial charge in [-0.25, -0.2) is 0 Å². The van der Waals surface area contributed by atoms with Gasteiger partial charge >= 0.3 is 0 Å². The molecule has 0 amide bonds. The van der Waals surface area contributed by atoms with Crippen molar-refractivity contribution in [3.63, 3.8) is 0 Å². The maximum absolute atomic E-state index is 5.87. The van der Waals surface area contributed by atoms with Crippen LogP contribution in [0.25, 0.3) is 10.4 Å². The lowest BCUT2D eigenvalue weighted by Crippen LogP contribution is -2.10. The molecule has 1 heterocycles. The molecule has 3 heteroatoms. The lowest BCUT2D eigenvalue weighted by molar-refractivity contribution is 0.735. The quantitative estimate of drug-likeness (QED) is 0.860. The van der Waals surface area contributed by atoms with Crippen molar-refractivity contribution in [2.24, 2.45) is 0 Å². The molecule has 0 saturated carbocycles. The Labute approximate surface area is 105 Å². The Kier molecular flexibility index (Phi) is 3.99. The van der Waals surface area contributed by atoms with Gasteiger partial charge in [0.05, 0.1) is 0 Å². The van der Waals surface area contributed by atoms with Gasteiger partial charge < -0.3 is 5.32 Å². The molecule has 0 saturated heterocycles. The van der Waals surface area contributed by atoms with Gasteiger partial charge in [0.25, 0.3) is 0 Å². The van der Waals surface area contributed by atoms with Crippen LogP contribution in [0.15, 0.2) is 36.4 Å².